The van der Waals surface area contributed by atoms with E-state index in [0.29, 0.717) is 12.2 Å². The second kappa shape index (κ2) is 8.94. The van der Waals surface area contributed by atoms with Crippen LogP contribution in [0.1, 0.15) is 17.5 Å². The Balaban J connectivity index is 1.72. The summed E-state index contributed by atoms with van der Waals surface area (Å²) in [4.78, 5) is 10.5. The number of hydrogen-bond acceptors (Lipinski definition) is 7. The molecule has 2 aromatic carbocycles. The third-order valence-electron chi connectivity index (χ3n) is 4.57. The van der Waals surface area contributed by atoms with Crippen molar-refractivity contribution < 1.29 is 24.4 Å². The summed E-state index contributed by atoms with van der Waals surface area (Å²) in [5.41, 5.74) is 2.05. The SMILES string of the molecule is COc1ccc(Cc2ccccc2O[C@H]2C[C@@H](O)[C@H](O)[C@@H](CN=O)O2)cc1. The molecule has 1 saturated heterocycles. The summed E-state index contributed by atoms with van der Waals surface area (Å²) < 4.78 is 16.7. The van der Waals surface area contributed by atoms with Crippen molar-refractivity contribution in [3.8, 4) is 11.5 Å². The molecule has 1 fully saturated rings. The van der Waals surface area contributed by atoms with Crippen molar-refractivity contribution in [1.29, 1.82) is 0 Å². The third kappa shape index (κ3) is 4.82. The zero-order chi connectivity index (χ0) is 19.2. The average molecular weight is 373 g/mol. The molecule has 0 aromatic heterocycles. The van der Waals surface area contributed by atoms with Crippen molar-refractivity contribution in [3.05, 3.63) is 64.6 Å². The van der Waals surface area contributed by atoms with Crippen LogP contribution in [-0.2, 0) is 11.2 Å². The second-order valence-electron chi connectivity index (χ2n) is 6.46. The minimum atomic E-state index is -1.16. The normalized spacial score (nSPS) is 25.0. The highest BCUT2D eigenvalue weighted by atomic mass is 16.7. The van der Waals surface area contributed by atoms with Gasteiger partial charge in [-0.15, -0.1) is 0 Å². The van der Waals surface area contributed by atoms with Gasteiger partial charge in [0.05, 0.1) is 13.2 Å². The molecule has 3 rings (SSSR count). The summed E-state index contributed by atoms with van der Waals surface area (Å²) in [5, 5.41) is 22.7. The van der Waals surface area contributed by atoms with Gasteiger partial charge in [-0.1, -0.05) is 35.5 Å². The van der Waals surface area contributed by atoms with Crippen molar-refractivity contribution in [2.45, 2.75) is 37.4 Å². The summed E-state index contributed by atoms with van der Waals surface area (Å²) >= 11 is 0. The largest absolute Gasteiger partial charge is 0.497 e. The van der Waals surface area contributed by atoms with Crippen LogP contribution in [0.5, 0.6) is 11.5 Å². The lowest BCUT2D eigenvalue weighted by atomic mass is 10.0. The van der Waals surface area contributed by atoms with E-state index in [1.165, 1.54) is 0 Å². The van der Waals surface area contributed by atoms with Crippen LogP contribution >= 0.6 is 0 Å². The van der Waals surface area contributed by atoms with Gasteiger partial charge in [-0.25, -0.2) is 0 Å². The predicted octanol–water partition coefficient (Wildman–Crippen LogP) is 2.27. The fraction of sp³-hybridized carbons (Fsp3) is 0.400. The van der Waals surface area contributed by atoms with E-state index in [9.17, 15) is 15.1 Å². The molecule has 7 heteroatoms. The van der Waals surface area contributed by atoms with Crippen LogP contribution in [0, 0.1) is 4.91 Å². The quantitative estimate of drug-likeness (QED) is 0.723. The summed E-state index contributed by atoms with van der Waals surface area (Å²) in [5.74, 6) is 1.42. The van der Waals surface area contributed by atoms with Crippen molar-refractivity contribution in [1.82, 2.24) is 0 Å². The van der Waals surface area contributed by atoms with Crippen molar-refractivity contribution in [3.63, 3.8) is 0 Å². The molecule has 27 heavy (non-hydrogen) atoms. The van der Waals surface area contributed by atoms with E-state index in [2.05, 4.69) is 5.18 Å². The molecular weight excluding hydrogens is 350 g/mol. The number of nitrogens with zero attached hydrogens (tertiary/aromatic N) is 1. The number of benzene rings is 2. The monoisotopic (exact) mass is 373 g/mol. The number of aliphatic hydroxyl groups is 2. The molecule has 2 aromatic rings. The Morgan fingerprint density at radius 3 is 2.59 bits per heavy atom. The Morgan fingerprint density at radius 2 is 1.89 bits per heavy atom. The van der Waals surface area contributed by atoms with Crippen molar-refractivity contribution in [2.24, 2.45) is 5.18 Å². The zero-order valence-electron chi connectivity index (χ0n) is 15.0. The molecule has 144 valence electrons. The Labute approximate surface area is 157 Å². The maximum atomic E-state index is 10.5. The van der Waals surface area contributed by atoms with Gasteiger partial charge < -0.3 is 24.4 Å². The standard InChI is InChI=1S/C20H23NO6/c1-25-15-8-6-13(7-9-15)10-14-4-2-3-5-17(14)26-19-11-16(22)20(23)18(27-19)12-21-24/h2-9,16,18-20,22-23H,10-12H2,1H3/t16-,18-,19-,20+/m1/s1. The van der Waals surface area contributed by atoms with Crippen LogP contribution in [0.4, 0.5) is 0 Å². The Bertz CT molecular complexity index is 750. The average Bonchev–Trinajstić information content (AvgIpc) is 2.68. The lowest BCUT2D eigenvalue weighted by molar-refractivity contribution is -0.218. The smallest absolute Gasteiger partial charge is 0.202 e. The number of aliphatic hydroxyl groups excluding tert-OH is 2. The number of ether oxygens (including phenoxy) is 3. The minimum absolute atomic E-state index is 0.105. The molecule has 0 aliphatic carbocycles. The third-order valence-corrected chi connectivity index (χ3v) is 4.57. The van der Waals surface area contributed by atoms with Gasteiger partial charge in [0.25, 0.3) is 0 Å². The molecule has 2 N–H and O–H groups in total. The van der Waals surface area contributed by atoms with Crippen molar-refractivity contribution >= 4 is 0 Å². The summed E-state index contributed by atoms with van der Waals surface area (Å²) in [6, 6.07) is 15.3. The van der Waals surface area contributed by atoms with Gasteiger partial charge in [0.1, 0.15) is 30.3 Å². The summed E-state index contributed by atoms with van der Waals surface area (Å²) in [7, 11) is 1.63. The van der Waals surface area contributed by atoms with Gasteiger partial charge in [0, 0.05) is 12.8 Å². The predicted molar refractivity (Wildman–Crippen MR) is 98.8 cm³/mol. The van der Waals surface area contributed by atoms with Gasteiger partial charge in [-0.2, -0.15) is 4.91 Å². The molecule has 1 aliphatic heterocycles. The molecule has 7 nitrogen and oxygen atoms in total. The van der Waals surface area contributed by atoms with Crippen LogP contribution in [0.2, 0.25) is 0 Å². The van der Waals surface area contributed by atoms with Crippen LogP contribution in [-0.4, -0.2) is 48.5 Å². The van der Waals surface area contributed by atoms with Crippen LogP contribution in [0.25, 0.3) is 0 Å². The first-order valence-corrected chi connectivity index (χ1v) is 8.79. The molecule has 0 saturated carbocycles. The number of methoxy groups -OCH3 is 1. The first-order valence-electron chi connectivity index (χ1n) is 8.79. The molecule has 0 bridgehead atoms. The van der Waals surface area contributed by atoms with Gasteiger partial charge in [0.2, 0.25) is 6.29 Å². The van der Waals surface area contributed by atoms with Crippen LogP contribution in [0.3, 0.4) is 0 Å². The molecule has 4 atom stereocenters. The second-order valence-corrected chi connectivity index (χ2v) is 6.46. The Hall–Kier alpha value is -2.48. The van der Waals surface area contributed by atoms with E-state index in [4.69, 9.17) is 14.2 Å². The summed E-state index contributed by atoms with van der Waals surface area (Å²) in [6.07, 6.45) is -3.09. The number of nitroso groups, excluding NO2 is 1. The molecule has 1 heterocycles. The number of hydrogen-bond donors (Lipinski definition) is 2. The van der Waals surface area contributed by atoms with E-state index in [-0.39, 0.29) is 13.0 Å². The topological polar surface area (TPSA) is 97.6 Å². The molecule has 1 aliphatic rings. The van der Waals surface area contributed by atoms with E-state index in [0.717, 1.165) is 16.9 Å². The fourth-order valence-electron chi connectivity index (χ4n) is 3.09. The number of para-hydroxylation sites is 1. The lowest BCUT2D eigenvalue weighted by Crippen LogP contribution is -2.51. The maximum absolute atomic E-state index is 10.5. The highest BCUT2D eigenvalue weighted by molar-refractivity contribution is 5.39. The molecule has 0 spiro atoms. The van der Waals surface area contributed by atoms with Gasteiger partial charge in [0.15, 0.2) is 0 Å². The van der Waals surface area contributed by atoms with E-state index in [1.807, 2.05) is 48.5 Å². The van der Waals surface area contributed by atoms with E-state index < -0.39 is 24.6 Å². The first kappa shape index (κ1) is 19.3. The van der Waals surface area contributed by atoms with Gasteiger partial charge in [-0.3, -0.25) is 0 Å². The highest BCUT2D eigenvalue weighted by Crippen LogP contribution is 2.28. The fourth-order valence-corrected chi connectivity index (χ4v) is 3.09. The van der Waals surface area contributed by atoms with E-state index in [1.54, 1.807) is 7.11 Å². The van der Waals surface area contributed by atoms with E-state index >= 15 is 0 Å². The Kier molecular flexibility index (Phi) is 6.39. The Morgan fingerprint density at radius 1 is 1.15 bits per heavy atom. The van der Waals surface area contributed by atoms with Gasteiger partial charge in [-0.05, 0) is 29.3 Å². The zero-order valence-corrected chi connectivity index (χ0v) is 15.0. The molecule has 0 unspecified atom stereocenters. The van der Waals surface area contributed by atoms with Crippen molar-refractivity contribution in [2.75, 3.05) is 13.7 Å². The number of rotatable bonds is 7. The van der Waals surface area contributed by atoms with Crippen LogP contribution < -0.4 is 9.47 Å². The summed E-state index contributed by atoms with van der Waals surface area (Å²) in [6.45, 7) is -0.244. The molecule has 0 amide bonds. The highest BCUT2D eigenvalue weighted by Gasteiger charge is 2.38. The lowest BCUT2D eigenvalue weighted by Gasteiger charge is -2.36. The maximum Gasteiger partial charge on any atom is 0.202 e. The first-order chi connectivity index (χ1) is 13.1. The molecule has 0 radical (unpaired) electrons. The molecular formula is C20H23NO6. The van der Waals surface area contributed by atoms with Gasteiger partial charge >= 0.3 is 0 Å². The van der Waals surface area contributed by atoms with Crippen LogP contribution in [0.15, 0.2) is 53.7 Å². The minimum Gasteiger partial charge on any atom is -0.497 e.